The van der Waals surface area contributed by atoms with Crippen molar-refractivity contribution in [3.8, 4) is 11.8 Å². The van der Waals surface area contributed by atoms with E-state index < -0.39 is 0 Å². The van der Waals surface area contributed by atoms with Crippen molar-refractivity contribution in [3.63, 3.8) is 0 Å². The fourth-order valence-electron chi connectivity index (χ4n) is 8.75. The van der Waals surface area contributed by atoms with E-state index in [9.17, 15) is 9.90 Å². The van der Waals surface area contributed by atoms with E-state index in [4.69, 9.17) is 10.5 Å². The number of nitrogens with zero attached hydrogens (tertiary/aromatic N) is 2. The molecule has 3 aliphatic heterocycles. The Kier molecular flexibility index (Phi) is 9.17. The molecule has 3 saturated carbocycles. The molecule has 3 aliphatic carbocycles. The van der Waals surface area contributed by atoms with Gasteiger partial charge >= 0.3 is 0 Å². The molecule has 1 amide bonds. The summed E-state index contributed by atoms with van der Waals surface area (Å²) < 4.78 is 6.61. The highest BCUT2D eigenvalue weighted by molar-refractivity contribution is 5.87. The molecule has 0 aromatic heterocycles. The highest BCUT2D eigenvalue weighted by Crippen LogP contribution is 2.49. The quantitative estimate of drug-likeness (QED) is 0.307. The lowest BCUT2D eigenvalue weighted by Crippen LogP contribution is -2.65. The van der Waals surface area contributed by atoms with Crippen LogP contribution in [0.15, 0.2) is 12.7 Å². The lowest BCUT2D eigenvalue weighted by molar-refractivity contribution is -0.127. The number of fused-ring (bicyclic) bond motifs is 1. The van der Waals surface area contributed by atoms with Crippen LogP contribution in [0.3, 0.4) is 0 Å². The van der Waals surface area contributed by atoms with Crippen LogP contribution in [0.2, 0.25) is 0 Å². The number of likely N-dealkylation sites (tertiary alicyclic amines) is 2. The van der Waals surface area contributed by atoms with Gasteiger partial charge in [-0.15, -0.1) is 0 Å². The van der Waals surface area contributed by atoms with Crippen molar-refractivity contribution >= 4 is 5.91 Å². The molecule has 5 N–H and O–H groups in total. The van der Waals surface area contributed by atoms with E-state index in [1.807, 2.05) is 4.90 Å². The molecular weight excluding hydrogens is 502 g/mol. The molecular formula is C32H51N5O3. The third-order valence-electron chi connectivity index (χ3n) is 11.0. The van der Waals surface area contributed by atoms with Gasteiger partial charge in [0.15, 0.2) is 0 Å². The van der Waals surface area contributed by atoms with Crippen molar-refractivity contribution in [2.45, 2.75) is 126 Å². The number of carbonyl (C=O) groups excluding carboxylic acids is 1. The molecule has 0 aromatic carbocycles. The smallest absolute Gasteiger partial charge is 0.245 e. The lowest BCUT2D eigenvalue weighted by Gasteiger charge is -2.46. The van der Waals surface area contributed by atoms with Crippen molar-refractivity contribution in [3.05, 3.63) is 12.7 Å². The number of ether oxygens (including phenoxy) is 1. The Bertz CT molecular complexity index is 938. The normalized spacial score (nSPS) is 41.5. The summed E-state index contributed by atoms with van der Waals surface area (Å²) in [6.45, 7) is 5.86. The number of hydrogen-bond acceptors (Lipinski definition) is 7. The molecule has 8 nitrogen and oxygen atoms in total. The molecule has 0 aromatic rings. The molecule has 0 bridgehead atoms. The molecule has 8 heteroatoms. The zero-order valence-corrected chi connectivity index (χ0v) is 24.2. The number of hydrogen-bond donors (Lipinski definition) is 4. The van der Waals surface area contributed by atoms with Gasteiger partial charge in [-0.05, 0) is 82.1 Å². The first-order valence-corrected chi connectivity index (χ1v) is 16.3. The lowest BCUT2D eigenvalue weighted by atomic mass is 9.70. The number of amides is 1. The van der Waals surface area contributed by atoms with E-state index in [1.165, 1.54) is 51.0 Å². The average molecular weight is 554 g/mol. The van der Waals surface area contributed by atoms with Crippen LogP contribution < -0.4 is 16.4 Å². The van der Waals surface area contributed by atoms with Gasteiger partial charge in [-0.2, -0.15) is 0 Å². The number of rotatable bonds is 5. The second kappa shape index (κ2) is 12.8. The minimum absolute atomic E-state index is 0.0247. The monoisotopic (exact) mass is 553 g/mol. The van der Waals surface area contributed by atoms with Crippen molar-refractivity contribution in [1.29, 1.82) is 0 Å². The second-order valence-corrected chi connectivity index (χ2v) is 13.4. The van der Waals surface area contributed by atoms with Gasteiger partial charge in [0.1, 0.15) is 0 Å². The van der Waals surface area contributed by atoms with Gasteiger partial charge in [0.25, 0.3) is 0 Å². The Hall–Kier alpha value is -1.47. The first-order chi connectivity index (χ1) is 19.5. The number of aliphatic hydroxyl groups is 1. The van der Waals surface area contributed by atoms with E-state index >= 15 is 0 Å². The number of piperidine rings is 1. The number of aliphatic hydroxyl groups excluding tert-OH is 1. The van der Waals surface area contributed by atoms with Crippen LogP contribution in [-0.4, -0.2) is 83.3 Å². The Morgan fingerprint density at radius 1 is 0.925 bits per heavy atom. The summed E-state index contributed by atoms with van der Waals surface area (Å²) >= 11 is 0. The van der Waals surface area contributed by atoms with Gasteiger partial charge in [-0.1, -0.05) is 37.7 Å². The standard InChI is InChI=1S/C32H51N5O3/c1-2-28(39)36-16-14-21(15-17-36)8-13-27-29(22-9-11-26(12-10-22)40-25-6-4-3-5-7-25)30-31(33)34-20-35-32(30)37(27)23-18-24(38)19-23/h2,21-27,29-32,34-35,38H,1,3-7,9-12,14-20,33H2. The first-order valence-electron chi connectivity index (χ1n) is 16.3. The molecule has 3 saturated heterocycles. The molecule has 6 fully saturated rings. The van der Waals surface area contributed by atoms with Crippen LogP contribution in [0.5, 0.6) is 0 Å². The summed E-state index contributed by atoms with van der Waals surface area (Å²) in [6, 6.07) is 0.488. The molecule has 0 radical (unpaired) electrons. The van der Waals surface area contributed by atoms with E-state index in [0.29, 0.717) is 48.6 Å². The maximum absolute atomic E-state index is 12.1. The Labute approximate surface area is 240 Å². The first kappa shape index (κ1) is 28.6. The van der Waals surface area contributed by atoms with E-state index in [1.54, 1.807) is 0 Å². The van der Waals surface area contributed by atoms with E-state index in [2.05, 4.69) is 34.0 Å². The van der Waals surface area contributed by atoms with Gasteiger partial charge in [0.2, 0.25) is 5.91 Å². The third-order valence-corrected chi connectivity index (χ3v) is 11.0. The summed E-state index contributed by atoms with van der Waals surface area (Å²) in [6.07, 6.45) is 16.8. The number of nitrogens with two attached hydrogens (primary N) is 1. The van der Waals surface area contributed by atoms with Crippen LogP contribution in [0.1, 0.15) is 83.5 Å². The summed E-state index contributed by atoms with van der Waals surface area (Å²) in [7, 11) is 0. The molecule has 40 heavy (non-hydrogen) atoms. The zero-order chi connectivity index (χ0) is 27.6. The van der Waals surface area contributed by atoms with E-state index in [-0.39, 0.29) is 30.4 Å². The van der Waals surface area contributed by atoms with Crippen LogP contribution in [-0.2, 0) is 9.53 Å². The third kappa shape index (κ3) is 6.02. The van der Waals surface area contributed by atoms with Crippen LogP contribution >= 0.6 is 0 Å². The topological polar surface area (TPSA) is 103 Å². The fraction of sp³-hybridized carbons (Fsp3) is 0.844. The minimum atomic E-state index is -0.203. The predicted molar refractivity (Wildman–Crippen MR) is 156 cm³/mol. The molecule has 222 valence electrons. The van der Waals surface area contributed by atoms with Crippen molar-refractivity contribution < 1.29 is 14.6 Å². The van der Waals surface area contributed by atoms with E-state index in [0.717, 1.165) is 51.6 Å². The molecule has 3 heterocycles. The predicted octanol–water partition coefficient (Wildman–Crippen LogP) is 2.52. The number of nitrogens with one attached hydrogen (secondary N) is 2. The Morgan fingerprint density at radius 3 is 2.30 bits per heavy atom. The molecule has 5 atom stereocenters. The van der Waals surface area contributed by atoms with Crippen LogP contribution in [0, 0.1) is 35.5 Å². The Balaban J connectivity index is 1.19. The molecule has 6 aliphatic rings. The van der Waals surface area contributed by atoms with Crippen molar-refractivity contribution in [1.82, 2.24) is 20.4 Å². The summed E-state index contributed by atoms with van der Waals surface area (Å²) in [5, 5.41) is 17.5. The zero-order valence-electron chi connectivity index (χ0n) is 24.2. The van der Waals surface area contributed by atoms with Crippen LogP contribution in [0.4, 0.5) is 0 Å². The van der Waals surface area contributed by atoms with Crippen LogP contribution in [0.25, 0.3) is 0 Å². The van der Waals surface area contributed by atoms with Gasteiger partial charge in [-0.3, -0.25) is 20.3 Å². The maximum atomic E-state index is 12.1. The van der Waals surface area contributed by atoms with Gasteiger partial charge in [-0.25, -0.2) is 0 Å². The highest BCUT2D eigenvalue weighted by Gasteiger charge is 2.57. The summed E-state index contributed by atoms with van der Waals surface area (Å²) in [5.41, 5.74) is 6.83. The average Bonchev–Trinajstić information content (AvgIpc) is 3.30. The minimum Gasteiger partial charge on any atom is -0.393 e. The van der Waals surface area contributed by atoms with Gasteiger partial charge in [0, 0.05) is 37.6 Å². The molecule has 6 rings (SSSR count). The largest absolute Gasteiger partial charge is 0.393 e. The van der Waals surface area contributed by atoms with Crippen molar-refractivity contribution in [2.75, 3.05) is 19.8 Å². The maximum Gasteiger partial charge on any atom is 0.245 e. The highest BCUT2D eigenvalue weighted by atomic mass is 16.5. The van der Waals surface area contributed by atoms with Gasteiger partial charge in [0.05, 0.1) is 36.7 Å². The number of carbonyl (C=O) groups is 1. The molecule has 0 spiro atoms. The van der Waals surface area contributed by atoms with Gasteiger partial charge < -0.3 is 20.5 Å². The SMILES string of the molecule is C=CC(=O)N1CCC(C#CC2C(C3CCC(OC4CCCCC4)CC3)C3C(N)NCNC3N2C2CC(O)C2)CC1. The fourth-order valence-corrected chi connectivity index (χ4v) is 8.75. The Morgan fingerprint density at radius 2 is 1.62 bits per heavy atom. The summed E-state index contributed by atoms with van der Waals surface area (Å²) in [5.74, 6) is 9.15. The second-order valence-electron chi connectivity index (χ2n) is 13.4. The summed E-state index contributed by atoms with van der Waals surface area (Å²) in [4.78, 5) is 16.6. The molecule has 5 unspecified atom stereocenters. The van der Waals surface area contributed by atoms with Crippen molar-refractivity contribution in [2.24, 2.45) is 29.4 Å².